The number of likely N-dealkylation sites (N-methyl/N-ethyl adjacent to an activating group) is 1. The van der Waals surface area contributed by atoms with Crippen LogP contribution in [-0.4, -0.2) is 44.0 Å². The van der Waals surface area contributed by atoms with Gasteiger partial charge in [0.2, 0.25) is 0 Å². The van der Waals surface area contributed by atoms with Gasteiger partial charge in [-0.15, -0.1) is 0 Å². The molecule has 0 N–H and O–H groups in total. The molecule has 0 bridgehead atoms. The van der Waals surface area contributed by atoms with Crippen molar-refractivity contribution in [3.05, 3.63) is 33.8 Å². The number of ether oxygens (including phenoxy) is 1. The number of benzene rings is 1. The molecule has 20 heavy (non-hydrogen) atoms. The summed E-state index contributed by atoms with van der Waals surface area (Å²) in [7, 11) is 1.91. The van der Waals surface area contributed by atoms with Crippen molar-refractivity contribution in [1.82, 2.24) is 4.90 Å². The van der Waals surface area contributed by atoms with E-state index in [1.807, 2.05) is 11.9 Å². The molecule has 0 spiro atoms. The van der Waals surface area contributed by atoms with Crippen LogP contribution in [0.3, 0.4) is 0 Å². The van der Waals surface area contributed by atoms with Crippen LogP contribution in [0.15, 0.2) is 18.2 Å². The fourth-order valence-corrected chi connectivity index (χ4v) is 2.14. The summed E-state index contributed by atoms with van der Waals surface area (Å²) >= 11 is 11.8. The summed E-state index contributed by atoms with van der Waals surface area (Å²) in [4.78, 5) is 14.0. The number of Topliss-reactive ketones (excluding diaryl/α,β-unsaturated/α-hetero) is 1. The minimum absolute atomic E-state index is 0.0354. The lowest BCUT2D eigenvalue weighted by Crippen LogP contribution is -2.29. The van der Waals surface area contributed by atoms with Gasteiger partial charge in [-0.3, -0.25) is 9.69 Å². The Labute approximate surface area is 129 Å². The highest BCUT2D eigenvalue weighted by molar-refractivity contribution is 6.42. The summed E-state index contributed by atoms with van der Waals surface area (Å²) < 4.78 is 5.56. The number of rotatable bonds is 8. The fraction of sp³-hybridized carbons (Fsp3) is 0.533. The third kappa shape index (κ3) is 5.06. The van der Waals surface area contributed by atoms with Gasteiger partial charge in [0, 0.05) is 18.7 Å². The summed E-state index contributed by atoms with van der Waals surface area (Å²) in [6, 6.07) is 4.97. The van der Waals surface area contributed by atoms with Crippen LogP contribution in [0.2, 0.25) is 10.0 Å². The molecule has 1 aromatic rings. The highest BCUT2D eigenvalue weighted by atomic mass is 35.5. The van der Waals surface area contributed by atoms with Gasteiger partial charge in [-0.25, -0.2) is 0 Å². The lowest BCUT2D eigenvalue weighted by molar-refractivity contribution is 0.0861. The van der Waals surface area contributed by atoms with Crippen molar-refractivity contribution in [3.63, 3.8) is 0 Å². The van der Waals surface area contributed by atoms with E-state index < -0.39 is 0 Å². The fourth-order valence-electron chi connectivity index (χ4n) is 1.84. The van der Waals surface area contributed by atoms with E-state index in [9.17, 15) is 4.79 Å². The molecule has 1 aliphatic carbocycles. The molecule has 3 nitrogen and oxygen atoms in total. The lowest BCUT2D eigenvalue weighted by atomic mass is 10.1. The minimum Gasteiger partial charge on any atom is -0.380 e. The average Bonchev–Trinajstić information content (AvgIpc) is 3.22. The van der Waals surface area contributed by atoms with Crippen LogP contribution in [0.25, 0.3) is 0 Å². The molecule has 5 heteroatoms. The Hall–Kier alpha value is -0.610. The van der Waals surface area contributed by atoms with E-state index in [1.165, 1.54) is 12.8 Å². The van der Waals surface area contributed by atoms with Crippen molar-refractivity contribution >= 4 is 29.0 Å². The average molecular weight is 316 g/mol. The van der Waals surface area contributed by atoms with Gasteiger partial charge >= 0.3 is 0 Å². The number of nitrogens with zero attached hydrogens (tertiary/aromatic N) is 1. The third-order valence-electron chi connectivity index (χ3n) is 3.32. The maximum absolute atomic E-state index is 12.1. The molecule has 0 heterocycles. The first-order valence-electron chi connectivity index (χ1n) is 6.81. The first kappa shape index (κ1) is 15.8. The molecule has 0 atom stereocenters. The maximum atomic E-state index is 12.1. The Kier molecular flexibility index (Phi) is 5.85. The van der Waals surface area contributed by atoms with Gasteiger partial charge < -0.3 is 4.74 Å². The summed E-state index contributed by atoms with van der Waals surface area (Å²) in [5.74, 6) is 0.811. The van der Waals surface area contributed by atoms with Crippen molar-refractivity contribution in [1.29, 1.82) is 0 Å². The van der Waals surface area contributed by atoms with E-state index in [0.717, 1.165) is 19.1 Å². The lowest BCUT2D eigenvalue weighted by Gasteiger charge is -2.16. The quantitative estimate of drug-likeness (QED) is 0.543. The van der Waals surface area contributed by atoms with Crippen molar-refractivity contribution in [3.8, 4) is 0 Å². The van der Waals surface area contributed by atoms with Crippen LogP contribution in [-0.2, 0) is 4.74 Å². The van der Waals surface area contributed by atoms with E-state index in [4.69, 9.17) is 27.9 Å². The zero-order valence-electron chi connectivity index (χ0n) is 11.6. The topological polar surface area (TPSA) is 29.5 Å². The zero-order valence-corrected chi connectivity index (χ0v) is 13.1. The van der Waals surface area contributed by atoms with E-state index in [0.29, 0.717) is 28.8 Å². The van der Waals surface area contributed by atoms with E-state index in [2.05, 4.69) is 0 Å². The van der Waals surface area contributed by atoms with Gasteiger partial charge in [-0.05, 0) is 44.0 Å². The van der Waals surface area contributed by atoms with E-state index in [1.54, 1.807) is 18.2 Å². The van der Waals surface area contributed by atoms with Crippen LogP contribution < -0.4 is 0 Å². The van der Waals surface area contributed by atoms with Crippen molar-refractivity contribution < 1.29 is 9.53 Å². The van der Waals surface area contributed by atoms with Gasteiger partial charge in [-0.1, -0.05) is 23.2 Å². The molecular weight excluding hydrogens is 297 g/mol. The minimum atomic E-state index is 0.0354. The van der Waals surface area contributed by atoms with Crippen molar-refractivity contribution in [2.45, 2.75) is 12.8 Å². The number of ketones is 1. The third-order valence-corrected chi connectivity index (χ3v) is 4.06. The molecule has 1 aliphatic rings. The smallest absolute Gasteiger partial charge is 0.176 e. The molecule has 110 valence electrons. The predicted molar refractivity (Wildman–Crippen MR) is 81.8 cm³/mol. The Balaban J connectivity index is 1.72. The second kappa shape index (κ2) is 7.41. The van der Waals surface area contributed by atoms with Gasteiger partial charge in [0.1, 0.15) is 0 Å². The second-order valence-electron chi connectivity index (χ2n) is 5.31. The van der Waals surface area contributed by atoms with E-state index in [-0.39, 0.29) is 5.78 Å². The highest BCUT2D eigenvalue weighted by Gasteiger charge is 2.21. The number of hydrogen-bond donors (Lipinski definition) is 0. The molecule has 0 radical (unpaired) electrons. The Morgan fingerprint density at radius 2 is 2.10 bits per heavy atom. The Morgan fingerprint density at radius 3 is 2.75 bits per heavy atom. The first-order valence-corrected chi connectivity index (χ1v) is 7.56. The summed E-state index contributed by atoms with van der Waals surface area (Å²) in [5.41, 5.74) is 0.588. The van der Waals surface area contributed by atoms with Crippen LogP contribution in [0.5, 0.6) is 0 Å². The summed E-state index contributed by atoms with van der Waals surface area (Å²) in [5, 5.41) is 0.873. The number of halogens is 2. The standard InChI is InChI=1S/C15H19Cl2NO2/c1-18(6-7-20-10-11-2-3-11)9-15(19)12-4-5-13(16)14(17)8-12/h4-5,8,11H,2-3,6-7,9-10H2,1H3. The molecular formula is C15H19Cl2NO2. The van der Waals surface area contributed by atoms with Gasteiger partial charge in [0.15, 0.2) is 5.78 Å². The molecule has 2 rings (SSSR count). The summed E-state index contributed by atoms with van der Waals surface area (Å²) in [6.45, 7) is 2.63. The van der Waals surface area contributed by atoms with Crippen LogP contribution >= 0.6 is 23.2 Å². The Bertz CT molecular complexity index is 475. The van der Waals surface area contributed by atoms with Gasteiger partial charge in [0.25, 0.3) is 0 Å². The molecule has 0 amide bonds. The number of hydrogen-bond acceptors (Lipinski definition) is 3. The highest BCUT2D eigenvalue weighted by Crippen LogP contribution is 2.28. The number of carbonyl (C=O) groups is 1. The first-order chi connectivity index (χ1) is 9.56. The molecule has 1 aromatic carbocycles. The normalized spacial score (nSPS) is 14.8. The largest absolute Gasteiger partial charge is 0.380 e. The molecule has 0 saturated heterocycles. The second-order valence-corrected chi connectivity index (χ2v) is 6.12. The SMILES string of the molecule is CN(CCOCC1CC1)CC(=O)c1ccc(Cl)c(Cl)c1. The zero-order chi connectivity index (χ0) is 14.5. The Morgan fingerprint density at radius 1 is 1.35 bits per heavy atom. The van der Waals surface area contributed by atoms with Crippen LogP contribution in [0.1, 0.15) is 23.2 Å². The van der Waals surface area contributed by atoms with Crippen LogP contribution in [0.4, 0.5) is 0 Å². The molecule has 0 aromatic heterocycles. The molecule has 1 saturated carbocycles. The molecule has 1 fully saturated rings. The summed E-state index contributed by atoms with van der Waals surface area (Å²) in [6.07, 6.45) is 2.59. The monoisotopic (exact) mass is 315 g/mol. The van der Waals surface area contributed by atoms with Crippen LogP contribution in [0, 0.1) is 5.92 Å². The van der Waals surface area contributed by atoms with Crippen molar-refractivity contribution in [2.24, 2.45) is 5.92 Å². The maximum Gasteiger partial charge on any atom is 0.176 e. The molecule has 0 aliphatic heterocycles. The predicted octanol–water partition coefficient (Wildman–Crippen LogP) is 3.53. The molecule has 0 unspecified atom stereocenters. The number of carbonyl (C=O) groups excluding carboxylic acids is 1. The van der Waals surface area contributed by atoms with Crippen molar-refractivity contribution in [2.75, 3.05) is 33.4 Å². The van der Waals surface area contributed by atoms with Gasteiger partial charge in [-0.2, -0.15) is 0 Å². The van der Waals surface area contributed by atoms with E-state index >= 15 is 0 Å². The van der Waals surface area contributed by atoms with Gasteiger partial charge in [0.05, 0.1) is 23.2 Å².